The Bertz CT molecular complexity index is 336. The minimum absolute atomic E-state index is 0.348. The van der Waals surface area contributed by atoms with Crippen molar-refractivity contribution in [1.29, 1.82) is 5.26 Å². The third-order valence-electron chi connectivity index (χ3n) is 4.72. The van der Waals surface area contributed by atoms with Gasteiger partial charge in [0.15, 0.2) is 0 Å². The van der Waals surface area contributed by atoms with Gasteiger partial charge in [-0.3, -0.25) is 5.32 Å². The van der Waals surface area contributed by atoms with Crippen molar-refractivity contribution >= 4 is 0 Å². The van der Waals surface area contributed by atoms with Crippen LogP contribution in [0.3, 0.4) is 0 Å². The maximum atomic E-state index is 9.52. The first-order valence-electron chi connectivity index (χ1n) is 8.50. The Balaban J connectivity index is 2.34. The maximum Gasteiger partial charge on any atom is 0.106 e. The van der Waals surface area contributed by atoms with E-state index in [1.165, 1.54) is 19.4 Å². The van der Waals surface area contributed by atoms with Crippen molar-refractivity contribution in [1.82, 2.24) is 15.1 Å². The van der Waals surface area contributed by atoms with Gasteiger partial charge < -0.3 is 9.80 Å². The van der Waals surface area contributed by atoms with Gasteiger partial charge in [0.25, 0.3) is 0 Å². The fraction of sp³-hybridized carbons (Fsp3) is 0.941. The molecule has 0 radical (unpaired) electrons. The Morgan fingerprint density at radius 1 is 1.48 bits per heavy atom. The van der Waals surface area contributed by atoms with Crippen molar-refractivity contribution < 1.29 is 0 Å². The molecule has 4 heteroatoms. The fourth-order valence-electron chi connectivity index (χ4n) is 3.38. The number of nitrogens with one attached hydrogen (secondary N) is 1. The molecule has 1 fully saturated rings. The fourth-order valence-corrected chi connectivity index (χ4v) is 3.38. The zero-order chi connectivity index (χ0) is 15.9. The highest BCUT2D eigenvalue weighted by atomic mass is 15.2. The van der Waals surface area contributed by atoms with Gasteiger partial charge in [-0.15, -0.1) is 0 Å². The molecule has 0 aromatic rings. The van der Waals surface area contributed by atoms with Crippen molar-refractivity contribution in [2.24, 2.45) is 0 Å². The Hall–Kier alpha value is -0.630. The van der Waals surface area contributed by atoms with Crippen molar-refractivity contribution in [3.05, 3.63) is 0 Å². The summed E-state index contributed by atoms with van der Waals surface area (Å²) < 4.78 is 0. The van der Waals surface area contributed by atoms with Crippen molar-refractivity contribution in [2.45, 2.75) is 70.5 Å². The lowest BCUT2D eigenvalue weighted by Crippen LogP contribution is -2.47. The van der Waals surface area contributed by atoms with Gasteiger partial charge in [0.05, 0.1) is 6.07 Å². The molecule has 2 atom stereocenters. The van der Waals surface area contributed by atoms with Gasteiger partial charge >= 0.3 is 0 Å². The van der Waals surface area contributed by atoms with E-state index in [2.05, 4.69) is 56.1 Å². The van der Waals surface area contributed by atoms with Crippen LogP contribution in [-0.2, 0) is 0 Å². The molecule has 0 aromatic heterocycles. The van der Waals surface area contributed by atoms with E-state index in [-0.39, 0.29) is 5.54 Å². The summed E-state index contributed by atoms with van der Waals surface area (Å²) in [7, 11) is 4.44. The molecule has 0 bridgehead atoms. The van der Waals surface area contributed by atoms with Crippen LogP contribution in [0.15, 0.2) is 0 Å². The number of likely N-dealkylation sites (tertiary alicyclic amines) is 1. The molecule has 0 aliphatic carbocycles. The van der Waals surface area contributed by atoms with Gasteiger partial charge in [-0.05, 0) is 73.1 Å². The summed E-state index contributed by atoms with van der Waals surface area (Å²) >= 11 is 0. The summed E-state index contributed by atoms with van der Waals surface area (Å²) in [6, 6.07) is 3.59. The quantitative estimate of drug-likeness (QED) is 0.709. The minimum Gasteiger partial charge on any atom is -0.305 e. The molecule has 0 spiro atoms. The SMILES string of the molecule is CCC(C#N)(CCCN(C)CC1CCCN1C)NC(C)C. The molecular formula is C17H34N4. The first-order chi connectivity index (χ1) is 9.92. The van der Waals surface area contributed by atoms with Gasteiger partial charge in [0.2, 0.25) is 0 Å². The molecule has 1 aliphatic heterocycles. The molecule has 1 N–H and O–H groups in total. The van der Waals surface area contributed by atoms with Crippen molar-refractivity contribution in [3.8, 4) is 6.07 Å². The molecule has 1 aliphatic rings. The minimum atomic E-state index is -0.348. The summed E-state index contributed by atoms with van der Waals surface area (Å²) in [5.74, 6) is 0. The van der Waals surface area contributed by atoms with Gasteiger partial charge in [0.1, 0.15) is 5.54 Å². The first-order valence-corrected chi connectivity index (χ1v) is 8.50. The van der Waals surface area contributed by atoms with Crippen molar-refractivity contribution in [2.75, 3.05) is 33.7 Å². The zero-order valence-electron chi connectivity index (χ0n) is 14.7. The second-order valence-electron chi connectivity index (χ2n) is 6.99. The highest BCUT2D eigenvalue weighted by Gasteiger charge is 2.28. The molecular weight excluding hydrogens is 260 g/mol. The third kappa shape index (κ3) is 5.94. The second-order valence-corrected chi connectivity index (χ2v) is 6.99. The van der Waals surface area contributed by atoms with Crippen molar-refractivity contribution in [3.63, 3.8) is 0 Å². The molecule has 4 nitrogen and oxygen atoms in total. The van der Waals surface area contributed by atoms with E-state index in [4.69, 9.17) is 0 Å². The van der Waals surface area contributed by atoms with E-state index in [1.807, 2.05) is 0 Å². The predicted molar refractivity (Wildman–Crippen MR) is 89.3 cm³/mol. The summed E-state index contributed by atoms with van der Waals surface area (Å²) in [6.07, 6.45) is 5.54. The van der Waals surface area contributed by atoms with Crippen LogP contribution in [0.4, 0.5) is 0 Å². The molecule has 2 unspecified atom stereocenters. The molecule has 21 heavy (non-hydrogen) atoms. The molecule has 0 saturated carbocycles. The van der Waals surface area contributed by atoms with Crippen LogP contribution < -0.4 is 5.32 Å². The number of likely N-dealkylation sites (N-methyl/N-ethyl adjacent to an activating group) is 2. The molecule has 1 heterocycles. The second kappa shape index (κ2) is 8.73. The number of hydrogen-bond donors (Lipinski definition) is 1. The van der Waals surface area contributed by atoms with E-state index < -0.39 is 0 Å². The van der Waals surface area contributed by atoms with Crippen LogP contribution in [0.25, 0.3) is 0 Å². The topological polar surface area (TPSA) is 42.3 Å². The summed E-state index contributed by atoms with van der Waals surface area (Å²) in [5, 5.41) is 13.0. The molecule has 0 amide bonds. The number of nitrogens with zero attached hydrogens (tertiary/aromatic N) is 3. The van der Waals surface area contributed by atoms with Gasteiger partial charge in [-0.1, -0.05) is 6.92 Å². The van der Waals surface area contributed by atoms with E-state index in [0.717, 1.165) is 38.4 Å². The zero-order valence-corrected chi connectivity index (χ0v) is 14.7. The molecule has 1 rings (SSSR count). The summed E-state index contributed by atoms with van der Waals surface area (Å²) in [5.41, 5.74) is -0.348. The predicted octanol–water partition coefficient (Wildman–Crippen LogP) is 2.46. The standard InChI is InChI=1S/C17H34N4/c1-6-17(14-18,19-15(2)3)10-8-11-20(4)13-16-9-7-12-21(16)5/h15-16,19H,6-13H2,1-5H3. The average molecular weight is 294 g/mol. The first kappa shape index (κ1) is 18.4. The van der Waals surface area contributed by atoms with Crippen LogP contribution in [0.5, 0.6) is 0 Å². The van der Waals surface area contributed by atoms with E-state index in [9.17, 15) is 5.26 Å². The Morgan fingerprint density at radius 2 is 2.19 bits per heavy atom. The lowest BCUT2D eigenvalue weighted by molar-refractivity contribution is 0.212. The Labute approximate surface area is 131 Å². The van der Waals surface area contributed by atoms with Gasteiger partial charge in [-0.25, -0.2) is 0 Å². The van der Waals surface area contributed by atoms with Crippen LogP contribution in [-0.4, -0.2) is 61.2 Å². The molecule has 122 valence electrons. The smallest absolute Gasteiger partial charge is 0.106 e. The lowest BCUT2D eigenvalue weighted by Gasteiger charge is -2.30. The van der Waals surface area contributed by atoms with E-state index >= 15 is 0 Å². The molecule has 1 saturated heterocycles. The number of rotatable bonds is 9. The van der Waals surface area contributed by atoms with E-state index in [0.29, 0.717) is 6.04 Å². The van der Waals surface area contributed by atoms with Crippen LogP contribution in [0, 0.1) is 11.3 Å². The lowest BCUT2D eigenvalue weighted by atomic mass is 9.91. The average Bonchev–Trinajstić information content (AvgIpc) is 2.82. The number of nitriles is 1. The number of hydrogen-bond acceptors (Lipinski definition) is 4. The van der Waals surface area contributed by atoms with Gasteiger partial charge in [-0.2, -0.15) is 5.26 Å². The molecule has 0 aromatic carbocycles. The third-order valence-corrected chi connectivity index (χ3v) is 4.72. The summed E-state index contributed by atoms with van der Waals surface area (Å²) in [4.78, 5) is 4.90. The van der Waals surface area contributed by atoms with E-state index in [1.54, 1.807) is 0 Å². The van der Waals surface area contributed by atoms with Crippen LogP contribution in [0.2, 0.25) is 0 Å². The monoisotopic (exact) mass is 294 g/mol. The Morgan fingerprint density at radius 3 is 2.67 bits per heavy atom. The normalized spacial score (nSPS) is 22.7. The maximum absolute atomic E-state index is 9.52. The summed E-state index contributed by atoms with van der Waals surface area (Å²) in [6.45, 7) is 9.81. The Kier molecular flexibility index (Phi) is 7.65. The highest BCUT2D eigenvalue weighted by Crippen LogP contribution is 2.19. The van der Waals surface area contributed by atoms with Gasteiger partial charge in [0, 0.05) is 18.6 Å². The highest BCUT2D eigenvalue weighted by molar-refractivity contribution is 5.06. The largest absolute Gasteiger partial charge is 0.305 e. The van der Waals surface area contributed by atoms with Crippen LogP contribution in [0.1, 0.15) is 52.9 Å². The van der Waals surface area contributed by atoms with Crippen LogP contribution >= 0.6 is 0 Å².